The first kappa shape index (κ1) is 16.4. The molecule has 0 N–H and O–H groups in total. The van der Waals surface area contributed by atoms with E-state index in [1.54, 1.807) is 10.9 Å². The molecule has 4 rings (SSSR count). The smallest absolute Gasteiger partial charge is 0.225 e. The Morgan fingerprint density at radius 1 is 0.923 bits per heavy atom. The second-order valence-corrected chi connectivity index (χ2v) is 6.38. The van der Waals surface area contributed by atoms with Crippen LogP contribution in [0.3, 0.4) is 0 Å². The quantitative estimate of drug-likeness (QED) is 0.707. The van der Waals surface area contributed by atoms with Crippen LogP contribution in [0.2, 0.25) is 0 Å². The van der Waals surface area contributed by atoms with Crippen LogP contribution in [-0.4, -0.2) is 55.9 Å². The summed E-state index contributed by atoms with van der Waals surface area (Å²) in [6.07, 6.45) is 12.1. The van der Waals surface area contributed by atoms with Crippen LogP contribution in [0.5, 0.6) is 0 Å². The van der Waals surface area contributed by atoms with E-state index in [2.05, 4.69) is 36.8 Å². The second kappa shape index (κ2) is 7.07. The van der Waals surface area contributed by atoms with Crippen molar-refractivity contribution in [2.75, 3.05) is 36.0 Å². The summed E-state index contributed by atoms with van der Waals surface area (Å²) in [5.74, 6) is 1.70. The predicted molar refractivity (Wildman–Crippen MR) is 100 cm³/mol. The molecule has 0 radical (unpaired) electrons. The van der Waals surface area contributed by atoms with Gasteiger partial charge in [0.1, 0.15) is 5.82 Å². The Morgan fingerprint density at radius 2 is 1.65 bits per heavy atom. The number of hydrogen-bond donors (Lipinski definition) is 0. The summed E-state index contributed by atoms with van der Waals surface area (Å²) < 4.78 is 1.77. The minimum atomic E-state index is 0.803. The Balaban J connectivity index is 1.44. The summed E-state index contributed by atoms with van der Waals surface area (Å²) in [5, 5.41) is 4.21. The second-order valence-electron chi connectivity index (χ2n) is 6.38. The van der Waals surface area contributed by atoms with Gasteiger partial charge in [0.15, 0.2) is 0 Å². The van der Waals surface area contributed by atoms with Gasteiger partial charge < -0.3 is 9.80 Å². The van der Waals surface area contributed by atoms with E-state index in [0.29, 0.717) is 0 Å². The van der Waals surface area contributed by atoms with Gasteiger partial charge in [-0.2, -0.15) is 5.10 Å². The van der Waals surface area contributed by atoms with Crippen molar-refractivity contribution in [3.8, 4) is 11.3 Å². The fourth-order valence-electron chi connectivity index (χ4n) is 3.03. The number of hydrogen-bond acceptors (Lipinski definition) is 7. The minimum Gasteiger partial charge on any atom is -0.352 e. The first-order valence-corrected chi connectivity index (χ1v) is 8.85. The van der Waals surface area contributed by atoms with Crippen molar-refractivity contribution in [1.29, 1.82) is 0 Å². The van der Waals surface area contributed by atoms with Crippen molar-refractivity contribution in [2.45, 2.75) is 13.3 Å². The van der Waals surface area contributed by atoms with Gasteiger partial charge in [-0.25, -0.2) is 15.0 Å². The molecule has 3 aromatic rings. The summed E-state index contributed by atoms with van der Waals surface area (Å²) in [5.41, 5.74) is 2.98. The van der Waals surface area contributed by atoms with Crippen molar-refractivity contribution >= 4 is 11.8 Å². The zero-order chi connectivity index (χ0) is 17.9. The molecule has 1 aliphatic heterocycles. The fraction of sp³-hybridized carbons (Fsp3) is 0.389. The Hall–Kier alpha value is -3.03. The molecule has 0 bridgehead atoms. The van der Waals surface area contributed by atoms with E-state index in [1.165, 1.54) is 0 Å². The fourth-order valence-corrected chi connectivity index (χ4v) is 3.03. The predicted octanol–water partition coefficient (Wildman–Crippen LogP) is 1.56. The van der Waals surface area contributed by atoms with Gasteiger partial charge >= 0.3 is 0 Å². The third-order valence-electron chi connectivity index (χ3n) is 4.61. The molecule has 4 heterocycles. The standard InChI is InChI=1S/C18H22N8/c1-3-14-8-20-18(21-9-14)26-6-4-25(5-7-26)17-12-19-11-16(23-17)15-10-22-24(2)13-15/h8-13H,3-7H2,1-2H3. The van der Waals surface area contributed by atoms with Gasteiger partial charge in [-0.15, -0.1) is 0 Å². The van der Waals surface area contributed by atoms with Crippen molar-refractivity contribution in [3.05, 3.63) is 42.7 Å². The van der Waals surface area contributed by atoms with E-state index in [9.17, 15) is 0 Å². The molecule has 0 saturated carbocycles. The van der Waals surface area contributed by atoms with Gasteiger partial charge in [-0.05, 0) is 12.0 Å². The molecular weight excluding hydrogens is 328 g/mol. The van der Waals surface area contributed by atoms with Gasteiger partial charge in [0.2, 0.25) is 5.95 Å². The molecular formula is C18H22N8. The lowest BCUT2D eigenvalue weighted by molar-refractivity contribution is 0.633. The highest BCUT2D eigenvalue weighted by Crippen LogP contribution is 2.20. The maximum atomic E-state index is 4.76. The highest BCUT2D eigenvalue weighted by atomic mass is 15.3. The molecule has 0 spiro atoms. The van der Waals surface area contributed by atoms with Crippen LogP contribution in [0.1, 0.15) is 12.5 Å². The Bertz CT molecular complexity index is 865. The third-order valence-corrected chi connectivity index (χ3v) is 4.61. The highest BCUT2D eigenvalue weighted by Gasteiger charge is 2.20. The maximum absolute atomic E-state index is 4.76. The van der Waals surface area contributed by atoms with Gasteiger partial charge in [0.05, 0.1) is 24.3 Å². The lowest BCUT2D eigenvalue weighted by atomic mass is 10.2. The SMILES string of the molecule is CCc1cnc(N2CCN(c3cncc(-c4cnn(C)c4)n3)CC2)nc1. The molecule has 1 fully saturated rings. The molecule has 134 valence electrons. The van der Waals surface area contributed by atoms with E-state index < -0.39 is 0 Å². The summed E-state index contributed by atoms with van der Waals surface area (Å²) in [6, 6.07) is 0. The highest BCUT2D eigenvalue weighted by molar-refractivity contribution is 5.58. The summed E-state index contributed by atoms with van der Waals surface area (Å²) in [7, 11) is 1.90. The van der Waals surface area contributed by atoms with Crippen molar-refractivity contribution in [2.24, 2.45) is 7.05 Å². The molecule has 0 aromatic carbocycles. The molecule has 1 aliphatic rings. The number of aryl methyl sites for hydroxylation is 2. The summed E-state index contributed by atoms with van der Waals surface area (Å²) in [4.78, 5) is 22.6. The maximum Gasteiger partial charge on any atom is 0.225 e. The molecule has 0 aliphatic carbocycles. The number of aromatic nitrogens is 6. The largest absolute Gasteiger partial charge is 0.352 e. The normalized spacial score (nSPS) is 14.7. The zero-order valence-corrected chi connectivity index (χ0v) is 15.1. The molecule has 0 unspecified atom stereocenters. The first-order chi connectivity index (χ1) is 12.7. The average Bonchev–Trinajstić information content (AvgIpc) is 3.15. The van der Waals surface area contributed by atoms with Crippen LogP contribution < -0.4 is 9.80 Å². The molecule has 26 heavy (non-hydrogen) atoms. The monoisotopic (exact) mass is 350 g/mol. The summed E-state index contributed by atoms with van der Waals surface area (Å²) >= 11 is 0. The van der Waals surface area contributed by atoms with Crippen LogP contribution in [0.25, 0.3) is 11.3 Å². The van der Waals surface area contributed by atoms with Crippen LogP contribution in [0.4, 0.5) is 11.8 Å². The third kappa shape index (κ3) is 3.35. The first-order valence-electron chi connectivity index (χ1n) is 8.85. The zero-order valence-electron chi connectivity index (χ0n) is 15.1. The molecule has 3 aromatic heterocycles. The molecule has 8 nitrogen and oxygen atoms in total. The number of rotatable bonds is 4. The lowest BCUT2D eigenvalue weighted by Gasteiger charge is -2.35. The Morgan fingerprint density at radius 3 is 2.31 bits per heavy atom. The van der Waals surface area contributed by atoms with Gasteiger partial charge in [-0.1, -0.05) is 6.92 Å². The minimum absolute atomic E-state index is 0.803. The lowest BCUT2D eigenvalue weighted by Crippen LogP contribution is -2.47. The van der Waals surface area contributed by atoms with Crippen LogP contribution in [0, 0.1) is 0 Å². The van der Waals surface area contributed by atoms with E-state index in [4.69, 9.17) is 4.98 Å². The van der Waals surface area contributed by atoms with Gasteiger partial charge in [-0.3, -0.25) is 9.67 Å². The summed E-state index contributed by atoms with van der Waals surface area (Å²) in [6.45, 7) is 5.57. The molecule has 8 heteroatoms. The topological polar surface area (TPSA) is 75.9 Å². The van der Waals surface area contributed by atoms with E-state index in [-0.39, 0.29) is 0 Å². The molecule has 1 saturated heterocycles. The Kier molecular flexibility index (Phi) is 4.47. The number of nitrogens with zero attached hydrogens (tertiary/aromatic N) is 8. The molecule has 0 amide bonds. The van der Waals surface area contributed by atoms with E-state index >= 15 is 0 Å². The average molecular weight is 350 g/mol. The number of piperazine rings is 1. The Labute approximate surface area is 152 Å². The van der Waals surface area contributed by atoms with E-state index in [1.807, 2.05) is 38.0 Å². The van der Waals surface area contributed by atoms with Crippen molar-refractivity contribution in [3.63, 3.8) is 0 Å². The van der Waals surface area contributed by atoms with Crippen molar-refractivity contribution < 1.29 is 0 Å². The number of anilines is 2. The molecule has 0 atom stereocenters. The van der Waals surface area contributed by atoms with Crippen LogP contribution in [0.15, 0.2) is 37.2 Å². The van der Waals surface area contributed by atoms with Gasteiger partial charge in [0.25, 0.3) is 0 Å². The van der Waals surface area contributed by atoms with E-state index in [0.717, 1.165) is 61.2 Å². The van der Waals surface area contributed by atoms with Crippen LogP contribution in [-0.2, 0) is 13.5 Å². The van der Waals surface area contributed by atoms with Crippen LogP contribution >= 0.6 is 0 Å². The van der Waals surface area contributed by atoms with Gasteiger partial charge in [0, 0.05) is 57.4 Å². The van der Waals surface area contributed by atoms with Crippen molar-refractivity contribution in [1.82, 2.24) is 29.7 Å².